The lowest BCUT2D eigenvalue weighted by Crippen LogP contribution is -2.33. The van der Waals surface area contributed by atoms with Crippen molar-refractivity contribution in [3.05, 3.63) is 59.2 Å². The third kappa shape index (κ3) is 6.06. The van der Waals surface area contributed by atoms with Crippen molar-refractivity contribution in [3.8, 4) is 0 Å². The van der Waals surface area contributed by atoms with Crippen LogP contribution in [0.25, 0.3) is 0 Å². The molecule has 0 spiro atoms. The van der Waals surface area contributed by atoms with Crippen LogP contribution in [0.3, 0.4) is 0 Å². The zero-order valence-corrected chi connectivity index (χ0v) is 18.6. The fourth-order valence-electron chi connectivity index (χ4n) is 3.72. The highest BCUT2D eigenvalue weighted by molar-refractivity contribution is 7.92. The molecule has 2 N–H and O–H groups in total. The third-order valence-electron chi connectivity index (χ3n) is 5.42. The molecule has 0 unspecified atom stereocenters. The minimum Gasteiger partial charge on any atom is -0.352 e. The lowest BCUT2D eigenvalue weighted by Gasteiger charge is -2.26. The summed E-state index contributed by atoms with van der Waals surface area (Å²) < 4.78 is 28.2. The van der Waals surface area contributed by atoms with Gasteiger partial charge in [-0.1, -0.05) is 24.6 Å². The molecule has 0 aliphatic carbocycles. The van der Waals surface area contributed by atoms with Crippen molar-refractivity contribution < 1.29 is 13.2 Å². The Morgan fingerprint density at radius 2 is 1.80 bits per heavy atom. The molecule has 0 atom stereocenters. The van der Waals surface area contributed by atoms with E-state index in [1.165, 1.54) is 31.4 Å². The summed E-state index contributed by atoms with van der Waals surface area (Å²) in [6.07, 6.45) is 4.70. The topological polar surface area (TPSA) is 78.5 Å². The van der Waals surface area contributed by atoms with Crippen LogP contribution in [0, 0.1) is 13.8 Å². The summed E-state index contributed by atoms with van der Waals surface area (Å²) in [6.45, 7) is 7.55. The maximum absolute atomic E-state index is 12.8. The second-order valence-corrected chi connectivity index (χ2v) is 9.65. The fraction of sp³-hybridized carbons (Fsp3) is 0.435. The number of aryl methyl sites for hydroxylation is 2. The number of amides is 1. The predicted octanol–water partition coefficient (Wildman–Crippen LogP) is 3.71. The van der Waals surface area contributed by atoms with Crippen LogP contribution in [0.15, 0.2) is 47.4 Å². The number of carbonyl (C=O) groups excluding carboxylic acids is 1. The molecule has 2 aromatic rings. The van der Waals surface area contributed by atoms with Crippen LogP contribution < -0.4 is 10.0 Å². The highest BCUT2D eigenvalue weighted by atomic mass is 32.2. The van der Waals surface area contributed by atoms with Crippen molar-refractivity contribution in [2.24, 2.45) is 0 Å². The van der Waals surface area contributed by atoms with Gasteiger partial charge in [0.15, 0.2) is 0 Å². The minimum absolute atomic E-state index is 0.0769. The van der Waals surface area contributed by atoms with Gasteiger partial charge in [0.1, 0.15) is 0 Å². The molecule has 0 aromatic heterocycles. The number of rotatable bonds is 8. The van der Waals surface area contributed by atoms with E-state index in [9.17, 15) is 13.2 Å². The summed E-state index contributed by atoms with van der Waals surface area (Å²) in [6, 6.07) is 11.8. The van der Waals surface area contributed by atoms with Gasteiger partial charge in [0.05, 0.1) is 4.90 Å². The second-order valence-electron chi connectivity index (χ2n) is 7.96. The summed E-state index contributed by atoms with van der Waals surface area (Å²) >= 11 is 0. The first-order valence-corrected chi connectivity index (χ1v) is 12.0. The molecule has 30 heavy (non-hydrogen) atoms. The highest BCUT2D eigenvalue weighted by Gasteiger charge is 2.18. The van der Waals surface area contributed by atoms with E-state index in [1.807, 2.05) is 19.9 Å². The molecule has 1 heterocycles. The molecule has 1 aliphatic heterocycles. The third-order valence-corrected chi connectivity index (χ3v) is 6.80. The van der Waals surface area contributed by atoms with Crippen LogP contribution in [-0.4, -0.2) is 45.4 Å². The molecule has 7 heteroatoms. The number of likely N-dealkylation sites (tertiary alicyclic amines) is 1. The monoisotopic (exact) mass is 429 g/mol. The Labute approximate surface area is 179 Å². The van der Waals surface area contributed by atoms with Crippen LogP contribution in [0.4, 0.5) is 5.69 Å². The van der Waals surface area contributed by atoms with Crippen LogP contribution >= 0.6 is 0 Å². The summed E-state index contributed by atoms with van der Waals surface area (Å²) in [5.74, 6) is -0.237. The van der Waals surface area contributed by atoms with Gasteiger partial charge in [0, 0.05) is 17.8 Å². The number of hydrogen-bond donors (Lipinski definition) is 2. The standard InChI is InChI=1S/C23H31N3O3S/c1-18-8-6-9-20(16-18)25-30(28,29)21-11-10-19(2)22(17-21)23(27)24-12-7-15-26-13-4-3-5-14-26/h6,8-11,16-17,25H,3-5,7,12-15H2,1-2H3,(H,24,27). The number of nitrogens with one attached hydrogen (secondary N) is 2. The molecule has 1 aliphatic rings. The molecule has 2 aromatic carbocycles. The summed E-state index contributed by atoms with van der Waals surface area (Å²) in [4.78, 5) is 15.2. The van der Waals surface area contributed by atoms with Gasteiger partial charge in [-0.3, -0.25) is 9.52 Å². The quantitative estimate of drug-likeness (QED) is 0.627. The normalized spacial score (nSPS) is 15.0. The molecular weight excluding hydrogens is 398 g/mol. The maximum atomic E-state index is 12.8. The minimum atomic E-state index is -3.78. The zero-order valence-electron chi connectivity index (χ0n) is 17.8. The molecule has 3 rings (SSSR count). The average molecular weight is 430 g/mol. The number of benzene rings is 2. The smallest absolute Gasteiger partial charge is 0.261 e. The Morgan fingerprint density at radius 3 is 2.53 bits per heavy atom. The Morgan fingerprint density at radius 1 is 1.03 bits per heavy atom. The van der Waals surface area contributed by atoms with Crippen molar-refractivity contribution in [2.45, 2.75) is 44.4 Å². The van der Waals surface area contributed by atoms with Gasteiger partial charge >= 0.3 is 0 Å². The summed E-state index contributed by atoms with van der Waals surface area (Å²) in [5.41, 5.74) is 2.60. The molecule has 6 nitrogen and oxygen atoms in total. The second kappa shape index (κ2) is 10.1. The molecule has 1 amide bonds. The van der Waals surface area contributed by atoms with Crippen molar-refractivity contribution in [3.63, 3.8) is 0 Å². The van der Waals surface area contributed by atoms with Crippen molar-refractivity contribution >= 4 is 21.6 Å². The molecule has 1 saturated heterocycles. The van der Waals surface area contributed by atoms with E-state index < -0.39 is 10.0 Å². The molecule has 0 saturated carbocycles. The van der Waals surface area contributed by atoms with Crippen molar-refractivity contribution in [2.75, 3.05) is 30.9 Å². The molecule has 1 fully saturated rings. The lowest BCUT2D eigenvalue weighted by molar-refractivity contribution is 0.0950. The number of anilines is 1. The summed E-state index contributed by atoms with van der Waals surface area (Å²) in [5, 5.41) is 2.93. The number of piperidine rings is 1. The number of hydrogen-bond acceptors (Lipinski definition) is 4. The van der Waals surface area contributed by atoms with E-state index in [1.54, 1.807) is 24.3 Å². The largest absolute Gasteiger partial charge is 0.352 e. The van der Waals surface area contributed by atoms with Crippen molar-refractivity contribution in [1.82, 2.24) is 10.2 Å². The van der Waals surface area contributed by atoms with Gasteiger partial charge in [-0.05, 0) is 88.1 Å². The maximum Gasteiger partial charge on any atom is 0.261 e. The van der Waals surface area contributed by atoms with Crippen LogP contribution in [0.5, 0.6) is 0 Å². The molecule has 162 valence electrons. The molecule has 0 radical (unpaired) electrons. The van der Waals surface area contributed by atoms with Crippen molar-refractivity contribution in [1.29, 1.82) is 0 Å². The van der Waals surface area contributed by atoms with Gasteiger partial charge in [0.2, 0.25) is 0 Å². The predicted molar refractivity (Wildman–Crippen MR) is 120 cm³/mol. The highest BCUT2D eigenvalue weighted by Crippen LogP contribution is 2.20. The Hall–Kier alpha value is -2.38. The van der Waals surface area contributed by atoms with Gasteiger partial charge in [-0.25, -0.2) is 8.42 Å². The van der Waals surface area contributed by atoms with E-state index in [4.69, 9.17) is 0 Å². The van der Waals surface area contributed by atoms with Crippen LogP contribution in [-0.2, 0) is 10.0 Å². The van der Waals surface area contributed by atoms with Crippen LogP contribution in [0.2, 0.25) is 0 Å². The number of carbonyl (C=O) groups is 1. The van der Waals surface area contributed by atoms with E-state index in [0.717, 1.165) is 37.2 Å². The van der Waals surface area contributed by atoms with E-state index >= 15 is 0 Å². The van der Waals surface area contributed by atoms with Gasteiger partial charge in [0.25, 0.3) is 15.9 Å². The fourth-order valence-corrected chi connectivity index (χ4v) is 4.79. The zero-order chi connectivity index (χ0) is 21.6. The van der Waals surface area contributed by atoms with E-state index in [0.29, 0.717) is 17.8 Å². The lowest BCUT2D eigenvalue weighted by atomic mass is 10.1. The van der Waals surface area contributed by atoms with Gasteiger partial charge < -0.3 is 10.2 Å². The number of sulfonamides is 1. The van der Waals surface area contributed by atoms with E-state index in [-0.39, 0.29) is 10.8 Å². The van der Waals surface area contributed by atoms with Gasteiger partial charge in [-0.2, -0.15) is 0 Å². The first-order valence-electron chi connectivity index (χ1n) is 10.6. The van der Waals surface area contributed by atoms with Crippen LogP contribution in [0.1, 0.15) is 47.2 Å². The average Bonchev–Trinajstić information content (AvgIpc) is 2.71. The first-order chi connectivity index (χ1) is 14.3. The molecular formula is C23H31N3O3S. The van der Waals surface area contributed by atoms with Gasteiger partial charge in [-0.15, -0.1) is 0 Å². The summed E-state index contributed by atoms with van der Waals surface area (Å²) in [7, 11) is -3.78. The Kier molecular flexibility index (Phi) is 7.50. The first kappa shape index (κ1) is 22.3. The Balaban J connectivity index is 1.62. The SMILES string of the molecule is Cc1cccc(NS(=O)(=O)c2ccc(C)c(C(=O)NCCCN3CCCCC3)c2)c1. The number of nitrogens with zero attached hydrogens (tertiary/aromatic N) is 1. The van der Waals surface area contributed by atoms with E-state index in [2.05, 4.69) is 14.9 Å². The Bertz CT molecular complexity index is 983. The molecule has 0 bridgehead atoms.